The number of terminal acetylenes is 1. The number of hydrogen-bond donors (Lipinski definition) is 2. The van der Waals surface area contributed by atoms with E-state index < -0.39 is 0 Å². The molecule has 0 unspecified atom stereocenters. The lowest BCUT2D eigenvalue weighted by molar-refractivity contribution is 0.727. The zero-order valence-electron chi connectivity index (χ0n) is 7.68. The molecule has 0 aromatic heterocycles. The van der Waals surface area contributed by atoms with Crippen LogP contribution >= 0.6 is 22.9 Å². The summed E-state index contributed by atoms with van der Waals surface area (Å²) in [4.78, 5) is 4.14. The van der Waals surface area contributed by atoms with Crippen LogP contribution < -0.4 is 8.85 Å². The van der Waals surface area contributed by atoms with Gasteiger partial charge >= 0.3 is 0 Å². The number of nitrogens with one attached hydrogen (secondary N) is 2. The molecule has 0 spiro atoms. The van der Waals surface area contributed by atoms with Gasteiger partial charge in [-0.15, -0.1) is 6.42 Å². The molecule has 0 saturated heterocycles. The van der Waals surface area contributed by atoms with E-state index in [0.29, 0.717) is 0 Å². The number of halogens is 1. The van der Waals surface area contributed by atoms with Gasteiger partial charge in [0.25, 0.3) is 0 Å². The van der Waals surface area contributed by atoms with E-state index in [1.165, 1.54) is 0 Å². The molecule has 4 heteroatoms. The Bertz CT molecular complexity index is 215. The molecule has 0 aromatic carbocycles. The van der Waals surface area contributed by atoms with Crippen LogP contribution in [0.5, 0.6) is 0 Å². The van der Waals surface area contributed by atoms with Crippen LogP contribution in [0.15, 0.2) is 16.8 Å². The number of rotatable bonds is 6. The summed E-state index contributed by atoms with van der Waals surface area (Å²) in [6.07, 6.45) is 8.68. The Hall–Kier alpha value is -0.540. The molecule has 72 valence electrons. The van der Waals surface area contributed by atoms with Crippen LogP contribution in [0.1, 0.15) is 6.92 Å². The first kappa shape index (κ1) is 12.5. The van der Waals surface area contributed by atoms with E-state index in [1.807, 2.05) is 22.9 Å². The van der Waals surface area contributed by atoms with Gasteiger partial charge in [0.1, 0.15) is 0 Å². The zero-order chi connectivity index (χ0) is 9.94. The Balaban J connectivity index is 3.61. The molecule has 0 rings (SSSR count). The van der Waals surface area contributed by atoms with E-state index in [4.69, 9.17) is 6.42 Å². The molecule has 3 nitrogen and oxygen atoms in total. The molecule has 0 saturated carbocycles. The van der Waals surface area contributed by atoms with Crippen molar-refractivity contribution >= 4 is 29.1 Å². The summed E-state index contributed by atoms with van der Waals surface area (Å²) in [5.74, 6) is 2.49. The first-order valence-electron chi connectivity index (χ1n) is 4.09. The molecule has 0 aliphatic carbocycles. The average molecular weight is 291 g/mol. The molecule has 0 amide bonds. The fourth-order valence-corrected chi connectivity index (χ4v) is 0.965. The normalized spacial score (nSPS) is 11.6. The van der Waals surface area contributed by atoms with Crippen LogP contribution in [0.3, 0.4) is 0 Å². The number of nitrogens with zero attached hydrogens (tertiary/aromatic N) is 1. The maximum atomic E-state index is 5.19. The Labute approximate surface area is 93.6 Å². The van der Waals surface area contributed by atoms with Crippen LogP contribution in [-0.2, 0) is 0 Å². The Morgan fingerprint density at radius 2 is 2.46 bits per heavy atom. The summed E-state index contributed by atoms with van der Waals surface area (Å²) in [5, 5.41) is 3.17. The molecule has 0 aromatic rings. The Morgan fingerprint density at radius 3 is 3.00 bits per heavy atom. The van der Waals surface area contributed by atoms with E-state index in [2.05, 4.69) is 26.7 Å². The highest BCUT2D eigenvalue weighted by molar-refractivity contribution is 14.1. The summed E-state index contributed by atoms with van der Waals surface area (Å²) >= 11 is 1.99. The van der Waals surface area contributed by atoms with Gasteiger partial charge in [0, 0.05) is 12.8 Å². The standard InChI is InChI=1S/C9H14IN3/c1-3-9(13-10)5-6-12-8-7-11-4-2/h1,5-6,11,13H,4,7-8H2,2H3. The molecule has 0 aliphatic heterocycles. The molecule has 0 radical (unpaired) electrons. The predicted octanol–water partition coefficient (Wildman–Crippen LogP) is 1.12. The highest BCUT2D eigenvalue weighted by Gasteiger charge is 1.82. The van der Waals surface area contributed by atoms with Crippen molar-refractivity contribution in [3.8, 4) is 12.3 Å². The lowest BCUT2D eigenvalue weighted by atomic mass is 10.4. The van der Waals surface area contributed by atoms with E-state index in [0.717, 1.165) is 25.3 Å². The SMILES string of the molecule is C#CC(=CC=NCCNCC)NI. The van der Waals surface area contributed by atoms with Crippen molar-refractivity contribution in [2.24, 2.45) is 4.99 Å². The molecule has 2 N–H and O–H groups in total. The van der Waals surface area contributed by atoms with Crippen molar-refractivity contribution < 1.29 is 0 Å². The minimum atomic E-state index is 0.729. The minimum absolute atomic E-state index is 0.729. The molecule has 0 bridgehead atoms. The number of hydrogen-bond acceptors (Lipinski definition) is 3. The lowest BCUT2D eigenvalue weighted by Crippen LogP contribution is -2.16. The Morgan fingerprint density at radius 1 is 1.69 bits per heavy atom. The fourth-order valence-electron chi connectivity index (χ4n) is 0.629. The van der Waals surface area contributed by atoms with E-state index in [1.54, 1.807) is 12.3 Å². The largest absolute Gasteiger partial charge is 0.321 e. The summed E-state index contributed by atoms with van der Waals surface area (Å²) in [5.41, 5.74) is 0.729. The number of allylic oxidation sites excluding steroid dienone is 2. The average Bonchev–Trinajstić information content (AvgIpc) is 2.17. The fraction of sp³-hybridized carbons (Fsp3) is 0.444. The van der Waals surface area contributed by atoms with Gasteiger partial charge in [-0.25, -0.2) is 0 Å². The van der Waals surface area contributed by atoms with Gasteiger partial charge in [-0.05, 0) is 12.6 Å². The van der Waals surface area contributed by atoms with Crippen molar-refractivity contribution in [2.75, 3.05) is 19.6 Å². The van der Waals surface area contributed by atoms with Crippen LogP contribution in [0, 0.1) is 12.3 Å². The van der Waals surface area contributed by atoms with Crippen LogP contribution in [0.4, 0.5) is 0 Å². The first-order chi connectivity index (χ1) is 6.35. The van der Waals surface area contributed by atoms with Crippen LogP contribution in [0.2, 0.25) is 0 Å². The van der Waals surface area contributed by atoms with Gasteiger partial charge < -0.3 is 8.85 Å². The van der Waals surface area contributed by atoms with Gasteiger partial charge in [-0.3, -0.25) is 4.99 Å². The molecule has 0 aliphatic rings. The van der Waals surface area contributed by atoms with Gasteiger partial charge in [0.05, 0.1) is 35.1 Å². The molecule has 0 heterocycles. The van der Waals surface area contributed by atoms with Crippen LogP contribution in [0.25, 0.3) is 0 Å². The highest BCUT2D eigenvalue weighted by atomic mass is 127. The number of aliphatic imine (C=N–C) groups is 1. The minimum Gasteiger partial charge on any atom is -0.321 e. The zero-order valence-corrected chi connectivity index (χ0v) is 9.84. The summed E-state index contributed by atoms with van der Waals surface area (Å²) in [6, 6.07) is 0. The summed E-state index contributed by atoms with van der Waals surface area (Å²) in [7, 11) is 0. The van der Waals surface area contributed by atoms with Crippen molar-refractivity contribution in [2.45, 2.75) is 6.92 Å². The topological polar surface area (TPSA) is 36.4 Å². The van der Waals surface area contributed by atoms with Crippen molar-refractivity contribution in [1.82, 2.24) is 8.85 Å². The smallest absolute Gasteiger partial charge is 0.0952 e. The second kappa shape index (κ2) is 9.55. The maximum absolute atomic E-state index is 5.19. The summed E-state index contributed by atoms with van der Waals surface area (Å²) < 4.78 is 2.84. The van der Waals surface area contributed by atoms with Crippen LogP contribution in [-0.4, -0.2) is 25.8 Å². The third-order valence-corrected chi connectivity index (χ3v) is 1.85. The van der Waals surface area contributed by atoms with Crippen molar-refractivity contribution in [3.63, 3.8) is 0 Å². The monoisotopic (exact) mass is 291 g/mol. The molecule has 0 fully saturated rings. The van der Waals surface area contributed by atoms with Gasteiger partial charge in [-0.2, -0.15) is 0 Å². The molecular weight excluding hydrogens is 277 g/mol. The van der Waals surface area contributed by atoms with E-state index >= 15 is 0 Å². The second-order valence-electron chi connectivity index (χ2n) is 2.23. The summed E-state index contributed by atoms with van der Waals surface area (Å²) in [6.45, 7) is 4.74. The quantitative estimate of drug-likeness (QED) is 0.253. The second-order valence-corrected chi connectivity index (χ2v) is 2.77. The molecule has 0 atom stereocenters. The highest BCUT2D eigenvalue weighted by Crippen LogP contribution is 1.86. The van der Waals surface area contributed by atoms with Gasteiger partial charge in [-0.1, -0.05) is 12.8 Å². The van der Waals surface area contributed by atoms with E-state index in [-0.39, 0.29) is 0 Å². The number of likely N-dealkylation sites (N-methyl/N-ethyl adjacent to an activating group) is 1. The Kier molecular flexibility index (Phi) is 9.15. The predicted molar refractivity (Wildman–Crippen MR) is 66.0 cm³/mol. The third-order valence-electron chi connectivity index (χ3n) is 1.27. The van der Waals surface area contributed by atoms with Crippen molar-refractivity contribution in [3.05, 3.63) is 11.8 Å². The third kappa shape index (κ3) is 7.81. The van der Waals surface area contributed by atoms with E-state index in [9.17, 15) is 0 Å². The van der Waals surface area contributed by atoms with Gasteiger partial charge in [0.2, 0.25) is 0 Å². The van der Waals surface area contributed by atoms with Gasteiger partial charge in [0.15, 0.2) is 0 Å². The lowest BCUT2D eigenvalue weighted by Gasteiger charge is -1.95. The maximum Gasteiger partial charge on any atom is 0.0952 e. The van der Waals surface area contributed by atoms with Crippen molar-refractivity contribution in [1.29, 1.82) is 0 Å². The molecule has 13 heavy (non-hydrogen) atoms. The molecular formula is C9H14IN3. The first-order valence-corrected chi connectivity index (χ1v) is 5.17.